The predicted molar refractivity (Wildman–Crippen MR) is 135 cm³/mol. The van der Waals surface area contributed by atoms with Gasteiger partial charge in [0.1, 0.15) is 0 Å². The minimum absolute atomic E-state index is 0.00263. The maximum Gasteiger partial charge on any atom is 0.174 e. The molecular formula is C27H32N4S. The van der Waals surface area contributed by atoms with Gasteiger partial charge in [0.15, 0.2) is 5.11 Å². The highest BCUT2D eigenvalue weighted by Crippen LogP contribution is 2.45. The molecule has 1 N–H and O–H groups in total. The lowest BCUT2D eigenvalue weighted by Gasteiger charge is -2.29. The highest BCUT2D eigenvalue weighted by atomic mass is 32.1. The third kappa shape index (κ3) is 3.53. The van der Waals surface area contributed by atoms with Gasteiger partial charge in [-0.05, 0) is 99.8 Å². The summed E-state index contributed by atoms with van der Waals surface area (Å²) in [5.74, 6) is 0. The number of benzene rings is 1. The van der Waals surface area contributed by atoms with Crippen LogP contribution in [0.2, 0.25) is 0 Å². The van der Waals surface area contributed by atoms with Crippen LogP contribution in [0.3, 0.4) is 0 Å². The van der Waals surface area contributed by atoms with Gasteiger partial charge in [-0.25, -0.2) is 0 Å². The number of nitrogens with zero attached hydrogens (tertiary/aromatic N) is 3. The Bertz CT molecular complexity index is 1140. The molecule has 2 atom stereocenters. The minimum Gasteiger partial charge on any atom is -0.351 e. The Kier molecular flexibility index (Phi) is 5.54. The Morgan fingerprint density at radius 3 is 2.44 bits per heavy atom. The van der Waals surface area contributed by atoms with Crippen LogP contribution in [-0.4, -0.2) is 14.7 Å². The first-order valence-electron chi connectivity index (χ1n) is 11.7. The quantitative estimate of drug-likeness (QED) is 0.472. The largest absolute Gasteiger partial charge is 0.351 e. The van der Waals surface area contributed by atoms with Crippen molar-refractivity contribution in [2.24, 2.45) is 0 Å². The summed E-state index contributed by atoms with van der Waals surface area (Å²) in [4.78, 5) is 7.02. The Morgan fingerprint density at radius 2 is 1.75 bits per heavy atom. The number of pyridine rings is 1. The molecule has 0 unspecified atom stereocenters. The normalized spacial score (nSPS) is 21.4. The summed E-state index contributed by atoms with van der Waals surface area (Å²) in [6.45, 7) is 8.87. The van der Waals surface area contributed by atoms with E-state index < -0.39 is 0 Å². The van der Waals surface area contributed by atoms with Crippen LogP contribution in [0.1, 0.15) is 77.6 Å². The Labute approximate surface area is 196 Å². The van der Waals surface area contributed by atoms with Crippen molar-refractivity contribution in [3.05, 3.63) is 82.4 Å². The van der Waals surface area contributed by atoms with Crippen molar-refractivity contribution in [1.82, 2.24) is 14.9 Å². The number of rotatable bonds is 4. The molecular weight excluding hydrogens is 412 g/mol. The van der Waals surface area contributed by atoms with Crippen molar-refractivity contribution in [1.29, 1.82) is 0 Å². The monoisotopic (exact) mass is 444 g/mol. The highest BCUT2D eigenvalue weighted by molar-refractivity contribution is 7.80. The third-order valence-corrected chi connectivity index (χ3v) is 7.71. The van der Waals surface area contributed by atoms with Gasteiger partial charge in [-0.1, -0.05) is 25.0 Å². The molecule has 166 valence electrons. The van der Waals surface area contributed by atoms with Crippen LogP contribution in [0.4, 0.5) is 5.69 Å². The second-order valence-corrected chi connectivity index (χ2v) is 9.79. The molecule has 1 saturated carbocycles. The maximum absolute atomic E-state index is 5.92. The molecule has 1 aliphatic carbocycles. The fourth-order valence-electron chi connectivity index (χ4n) is 5.65. The van der Waals surface area contributed by atoms with E-state index in [9.17, 15) is 0 Å². The van der Waals surface area contributed by atoms with Gasteiger partial charge in [0.2, 0.25) is 0 Å². The lowest BCUT2D eigenvalue weighted by atomic mass is 9.96. The third-order valence-electron chi connectivity index (χ3n) is 7.40. The van der Waals surface area contributed by atoms with E-state index in [4.69, 9.17) is 17.2 Å². The summed E-state index contributed by atoms with van der Waals surface area (Å²) < 4.78 is 2.58. The zero-order valence-corrected chi connectivity index (χ0v) is 20.2. The second kappa shape index (κ2) is 8.36. The number of nitrogens with one attached hydrogen (secondary N) is 1. The maximum atomic E-state index is 5.92. The molecule has 0 radical (unpaired) electrons. The van der Waals surface area contributed by atoms with Crippen molar-refractivity contribution < 1.29 is 0 Å². The van der Waals surface area contributed by atoms with E-state index in [-0.39, 0.29) is 12.1 Å². The average Bonchev–Trinajstić information content (AvgIpc) is 3.49. The number of thiocarbonyl (C=S) groups is 1. The molecule has 2 fully saturated rings. The molecule has 0 spiro atoms. The number of anilines is 1. The van der Waals surface area contributed by atoms with Crippen LogP contribution in [0, 0.1) is 27.7 Å². The topological polar surface area (TPSA) is 33.1 Å². The molecule has 5 rings (SSSR count). The molecule has 0 amide bonds. The van der Waals surface area contributed by atoms with Gasteiger partial charge >= 0.3 is 0 Å². The fraction of sp³-hybridized carbons (Fsp3) is 0.407. The molecule has 3 aromatic rings. The lowest BCUT2D eigenvalue weighted by molar-refractivity contribution is 0.494. The predicted octanol–water partition coefficient (Wildman–Crippen LogP) is 6.41. The van der Waals surface area contributed by atoms with Crippen LogP contribution >= 0.6 is 12.2 Å². The SMILES string of the molecule is Cc1ccc(N2C(=S)N[C@H](c3ccccn3)[C@@H]2c2cc(C)n(C3CCCC3)c2C)cc1C. The van der Waals surface area contributed by atoms with Crippen LogP contribution in [0.5, 0.6) is 0 Å². The van der Waals surface area contributed by atoms with Crippen molar-refractivity contribution in [2.45, 2.75) is 71.5 Å². The number of aryl methyl sites for hydroxylation is 3. The number of aromatic nitrogens is 2. The molecule has 4 nitrogen and oxygen atoms in total. The molecule has 3 heterocycles. The van der Waals surface area contributed by atoms with E-state index in [2.05, 4.69) is 78.9 Å². The molecule has 2 aliphatic rings. The van der Waals surface area contributed by atoms with Crippen LogP contribution < -0.4 is 10.2 Å². The molecule has 1 aromatic carbocycles. The first-order chi connectivity index (χ1) is 15.5. The molecule has 1 saturated heterocycles. The standard InChI is InChI=1S/C27H32N4S/c1-17-12-13-22(15-18(17)2)31-26(25(29-27(31)32)24-11-7-8-14-28-24)23-16-19(3)30(20(23)4)21-9-5-6-10-21/h7-8,11-16,21,25-26H,5-6,9-10H2,1-4H3,(H,29,32)/t25-,26+/m1/s1. The first kappa shape index (κ1) is 21.2. The first-order valence-corrected chi connectivity index (χ1v) is 12.1. The van der Waals surface area contributed by atoms with Crippen molar-refractivity contribution in [3.8, 4) is 0 Å². The zero-order valence-electron chi connectivity index (χ0n) is 19.4. The zero-order chi connectivity index (χ0) is 22.4. The minimum atomic E-state index is 0.00263. The van der Waals surface area contributed by atoms with E-state index in [0.717, 1.165) is 16.5 Å². The Hall–Kier alpha value is -2.66. The summed E-state index contributed by atoms with van der Waals surface area (Å²) in [6, 6.07) is 15.8. The van der Waals surface area contributed by atoms with Gasteiger partial charge < -0.3 is 14.8 Å². The van der Waals surface area contributed by atoms with Gasteiger partial charge in [-0.15, -0.1) is 0 Å². The average molecular weight is 445 g/mol. The van der Waals surface area contributed by atoms with Gasteiger partial charge in [-0.2, -0.15) is 0 Å². The molecule has 5 heteroatoms. The van der Waals surface area contributed by atoms with Crippen LogP contribution in [0.15, 0.2) is 48.7 Å². The summed E-state index contributed by atoms with van der Waals surface area (Å²) in [5.41, 5.74) is 8.79. The van der Waals surface area contributed by atoms with Gasteiger partial charge in [0.25, 0.3) is 0 Å². The van der Waals surface area contributed by atoms with E-state index >= 15 is 0 Å². The smallest absolute Gasteiger partial charge is 0.174 e. The Balaban J connectivity index is 1.65. The summed E-state index contributed by atoms with van der Waals surface area (Å²) in [5, 5.41) is 4.38. The summed E-state index contributed by atoms with van der Waals surface area (Å²) >= 11 is 5.92. The lowest BCUT2D eigenvalue weighted by Crippen LogP contribution is -2.29. The Morgan fingerprint density at radius 1 is 0.969 bits per heavy atom. The molecule has 32 heavy (non-hydrogen) atoms. The number of hydrogen-bond acceptors (Lipinski definition) is 2. The molecule has 0 bridgehead atoms. The molecule has 2 aromatic heterocycles. The van der Waals surface area contributed by atoms with E-state index in [0.29, 0.717) is 6.04 Å². The van der Waals surface area contributed by atoms with Crippen LogP contribution in [-0.2, 0) is 0 Å². The summed E-state index contributed by atoms with van der Waals surface area (Å²) in [7, 11) is 0. The fourth-order valence-corrected chi connectivity index (χ4v) is 6.00. The van der Waals surface area contributed by atoms with Gasteiger partial charge in [-0.3, -0.25) is 4.98 Å². The van der Waals surface area contributed by atoms with Crippen molar-refractivity contribution >= 4 is 23.0 Å². The van der Waals surface area contributed by atoms with E-state index in [1.54, 1.807) is 0 Å². The van der Waals surface area contributed by atoms with E-state index in [1.165, 1.54) is 53.8 Å². The van der Waals surface area contributed by atoms with Crippen molar-refractivity contribution in [3.63, 3.8) is 0 Å². The highest BCUT2D eigenvalue weighted by Gasteiger charge is 2.42. The van der Waals surface area contributed by atoms with E-state index in [1.807, 2.05) is 12.3 Å². The van der Waals surface area contributed by atoms with Gasteiger partial charge in [0.05, 0.1) is 17.8 Å². The second-order valence-electron chi connectivity index (χ2n) is 9.40. The van der Waals surface area contributed by atoms with Crippen LogP contribution in [0.25, 0.3) is 0 Å². The summed E-state index contributed by atoms with van der Waals surface area (Å²) in [6.07, 6.45) is 7.09. The van der Waals surface area contributed by atoms with Gasteiger partial charge in [0, 0.05) is 29.3 Å². The van der Waals surface area contributed by atoms with Crippen molar-refractivity contribution in [2.75, 3.05) is 4.90 Å². The molecule has 1 aliphatic heterocycles. The number of hydrogen-bond donors (Lipinski definition) is 1.